The Morgan fingerprint density at radius 3 is 2.76 bits per heavy atom. The Bertz CT molecular complexity index is 785. The van der Waals surface area contributed by atoms with Crippen molar-refractivity contribution < 1.29 is 14.6 Å². The molecule has 6 nitrogen and oxygen atoms in total. The molecule has 0 saturated heterocycles. The molecule has 2 aromatic rings. The average molecular weight is 337 g/mol. The monoisotopic (exact) mass is 337 g/mol. The van der Waals surface area contributed by atoms with Gasteiger partial charge in [-0.2, -0.15) is 0 Å². The van der Waals surface area contributed by atoms with Crippen LogP contribution in [0.25, 0.3) is 0 Å². The summed E-state index contributed by atoms with van der Waals surface area (Å²) in [4.78, 5) is 18.0. The van der Waals surface area contributed by atoms with Crippen LogP contribution in [-0.2, 0) is 6.61 Å². The first-order valence-electron chi connectivity index (χ1n) is 7.86. The summed E-state index contributed by atoms with van der Waals surface area (Å²) < 4.78 is 5.65. The molecule has 1 unspecified atom stereocenters. The second kappa shape index (κ2) is 7.63. The van der Waals surface area contributed by atoms with Crippen LogP contribution in [0.15, 0.2) is 72.7 Å². The summed E-state index contributed by atoms with van der Waals surface area (Å²) in [7, 11) is 1.72. The van der Waals surface area contributed by atoms with Crippen molar-refractivity contribution in [2.45, 2.75) is 12.8 Å². The van der Waals surface area contributed by atoms with Crippen molar-refractivity contribution in [1.82, 2.24) is 15.2 Å². The molecule has 0 aliphatic carbocycles. The Labute approximate surface area is 146 Å². The lowest BCUT2D eigenvalue weighted by atomic mass is 10.2. The lowest BCUT2D eigenvalue weighted by Gasteiger charge is -2.23. The molecule has 0 bridgehead atoms. The fraction of sp³-hybridized carbons (Fsp3) is 0.158. The molecule has 1 aliphatic heterocycles. The summed E-state index contributed by atoms with van der Waals surface area (Å²) in [5, 5.41) is 12.3. The van der Waals surface area contributed by atoms with E-state index in [9.17, 15) is 9.90 Å². The molecule has 1 amide bonds. The molecule has 0 radical (unpaired) electrons. The number of para-hydroxylation sites is 1. The van der Waals surface area contributed by atoms with Crippen molar-refractivity contribution in [3.8, 4) is 5.75 Å². The van der Waals surface area contributed by atoms with E-state index in [1.54, 1.807) is 42.6 Å². The van der Waals surface area contributed by atoms with Gasteiger partial charge in [0.15, 0.2) is 0 Å². The number of aromatic nitrogens is 1. The van der Waals surface area contributed by atoms with Crippen molar-refractivity contribution in [1.29, 1.82) is 0 Å². The van der Waals surface area contributed by atoms with Crippen molar-refractivity contribution >= 4 is 5.91 Å². The summed E-state index contributed by atoms with van der Waals surface area (Å²) in [5.74, 6) is 0.475. The van der Waals surface area contributed by atoms with Crippen LogP contribution in [0, 0.1) is 0 Å². The number of pyridine rings is 1. The standard InChI is InChI=1S/C19H19N3O3/c1-22-12-15(8-10-18(22)23)21-19(24)17-9-7-14(11-20-17)13-25-16-5-3-2-4-6-16/h2-12,18,23H,13H2,1H3,(H,21,24). The molecular weight excluding hydrogens is 318 g/mol. The van der Waals surface area contributed by atoms with Gasteiger partial charge in [0.25, 0.3) is 5.91 Å². The second-order valence-electron chi connectivity index (χ2n) is 5.63. The van der Waals surface area contributed by atoms with Gasteiger partial charge in [-0.3, -0.25) is 9.78 Å². The van der Waals surface area contributed by atoms with Gasteiger partial charge in [0, 0.05) is 25.0 Å². The first-order valence-corrected chi connectivity index (χ1v) is 7.86. The van der Waals surface area contributed by atoms with Crippen LogP contribution in [0.4, 0.5) is 0 Å². The van der Waals surface area contributed by atoms with Crippen molar-refractivity contribution in [2.24, 2.45) is 0 Å². The van der Waals surface area contributed by atoms with Crippen LogP contribution >= 0.6 is 0 Å². The van der Waals surface area contributed by atoms with Gasteiger partial charge >= 0.3 is 0 Å². The van der Waals surface area contributed by atoms with Gasteiger partial charge in [-0.15, -0.1) is 0 Å². The Hall–Kier alpha value is -3.12. The summed E-state index contributed by atoms with van der Waals surface area (Å²) in [5.41, 5.74) is 1.78. The molecule has 128 valence electrons. The molecule has 1 aliphatic rings. The number of aliphatic hydroxyl groups is 1. The minimum absolute atomic E-state index is 0.309. The van der Waals surface area contributed by atoms with Crippen LogP contribution < -0.4 is 10.1 Å². The van der Waals surface area contributed by atoms with E-state index in [0.29, 0.717) is 18.0 Å². The van der Waals surface area contributed by atoms with Crippen molar-refractivity contribution in [2.75, 3.05) is 7.05 Å². The van der Waals surface area contributed by atoms with E-state index in [1.807, 2.05) is 36.4 Å². The van der Waals surface area contributed by atoms with E-state index in [2.05, 4.69) is 10.3 Å². The Morgan fingerprint density at radius 1 is 1.28 bits per heavy atom. The minimum Gasteiger partial charge on any atom is -0.489 e. The second-order valence-corrected chi connectivity index (χ2v) is 5.63. The zero-order chi connectivity index (χ0) is 17.6. The number of aliphatic hydroxyl groups excluding tert-OH is 1. The summed E-state index contributed by atoms with van der Waals surface area (Å²) in [6.07, 6.45) is 5.85. The van der Waals surface area contributed by atoms with Gasteiger partial charge < -0.3 is 20.1 Å². The van der Waals surface area contributed by atoms with Gasteiger partial charge in [0.1, 0.15) is 24.3 Å². The van der Waals surface area contributed by atoms with E-state index < -0.39 is 6.23 Å². The third-order valence-corrected chi connectivity index (χ3v) is 3.67. The summed E-state index contributed by atoms with van der Waals surface area (Å²) in [6, 6.07) is 13.0. The molecule has 1 atom stereocenters. The number of carbonyl (C=O) groups is 1. The number of hydrogen-bond donors (Lipinski definition) is 2. The third-order valence-electron chi connectivity index (χ3n) is 3.67. The van der Waals surface area contributed by atoms with E-state index in [-0.39, 0.29) is 5.91 Å². The number of likely N-dealkylation sites (N-methyl/N-ethyl adjacent to an activating group) is 1. The fourth-order valence-electron chi connectivity index (χ4n) is 2.26. The van der Waals surface area contributed by atoms with Crippen molar-refractivity contribution in [3.05, 3.63) is 84.0 Å². The number of ether oxygens (including phenoxy) is 1. The molecule has 1 aromatic carbocycles. The normalized spacial score (nSPS) is 16.3. The zero-order valence-electron chi connectivity index (χ0n) is 13.8. The topological polar surface area (TPSA) is 74.7 Å². The summed E-state index contributed by atoms with van der Waals surface area (Å²) >= 11 is 0. The molecule has 0 spiro atoms. The molecule has 0 saturated carbocycles. The average Bonchev–Trinajstić information content (AvgIpc) is 2.64. The van der Waals surface area contributed by atoms with E-state index >= 15 is 0 Å². The van der Waals surface area contributed by atoms with Gasteiger partial charge in [-0.1, -0.05) is 24.3 Å². The van der Waals surface area contributed by atoms with Gasteiger partial charge in [0.05, 0.1) is 5.70 Å². The molecule has 25 heavy (non-hydrogen) atoms. The Balaban J connectivity index is 1.57. The number of nitrogens with zero attached hydrogens (tertiary/aromatic N) is 2. The zero-order valence-corrected chi connectivity index (χ0v) is 13.8. The number of benzene rings is 1. The third kappa shape index (κ3) is 4.45. The van der Waals surface area contributed by atoms with Gasteiger partial charge in [-0.25, -0.2) is 0 Å². The largest absolute Gasteiger partial charge is 0.489 e. The predicted octanol–water partition coefficient (Wildman–Crippen LogP) is 2.05. The highest BCUT2D eigenvalue weighted by Gasteiger charge is 2.13. The maximum atomic E-state index is 12.2. The molecule has 3 rings (SSSR count). The van der Waals surface area contributed by atoms with Crippen LogP contribution in [-0.4, -0.2) is 34.2 Å². The Kier molecular flexibility index (Phi) is 5.11. The molecule has 6 heteroatoms. The van der Waals surface area contributed by atoms with Crippen molar-refractivity contribution in [3.63, 3.8) is 0 Å². The highest BCUT2D eigenvalue weighted by Crippen LogP contribution is 2.12. The van der Waals surface area contributed by atoms with E-state index in [0.717, 1.165) is 11.3 Å². The predicted molar refractivity (Wildman–Crippen MR) is 93.5 cm³/mol. The molecule has 0 fully saturated rings. The smallest absolute Gasteiger partial charge is 0.274 e. The van der Waals surface area contributed by atoms with Crippen LogP contribution in [0.1, 0.15) is 16.1 Å². The number of rotatable bonds is 5. The molecular formula is C19H19N3O3. The van der Waals surface area contributed by atoms with Crippen LogP contribution in [0.3, 0.4) is 0 Å². The maximum absolute atomic E-state index is 12.2. The summed E-state index contributed by atoms with van der Waals surface area (Å²) in [6.45, 7) is 0.384. The first kappa shape index (κ1) is 16.7. The Morgan fingerprint density at radius 2 is 2.08 bits per heavy atom. The molecule has 1 aromatic heterocycles. The van der Waals surface area contributed by atoms with E-state index in [1.165, 1.54) is 0 Å². The first-order chi connectivity index (χ1) is 12.1. The van der Waals surface area contributed by atoms with Crippen LogP contribution in [0.2, 0.25) is 0 Å². The quantitative estimate of drug-likeness (QED) is 0.873. The van der Waals surface area contributed by atoms with E-state index in [4.69, 9.17) is 4.74 Å². The maximum Gasteiger partial charge on any atom is 0.274 e. The van der Waals surface area contributed by atoms with Crippen LogP contribution in [0.5, 0.6) is 5.75 Å². The molecule has 2 heterocycles. The number of allylic oxidation sites excluding steroid dienone is 1. The fourth-order valence-corrected chi connectivity index (χ4v) is 2.26. The number of carbonyl (C=O) groups excluding carboxylic acids is 1. The SMILES string of the molecule is CN1C=C(NC(=O)c2ccc(COc3ccccc3)cn2)C=CC1O. The number of nitrogens with one attached hydrogen (secondary N) is 1. The highest BCUT2D eigenvalue weighted by molar-refractivity contribution is 5.93. The van der Waals surface area contributed by atoms with Gasteiger partial charge in [0.2, 0.25) is 0 Å². The lowest BCUT2D eigenvalue weighted by Crippen LogP contribution is -2.31. The highest BCUT2D eigenvalue weighted by atomic mass is 16.5. The van der Waals surface area contributed by atoms with Gasteiger partial charge in [-0.05, 0) is 30.4 Å². The number of hydrogen-bond acceptors (Lipinski definition) is 5. The minimum atomic E-state index is -0.678. The number of amides is 1. The lowest BCUT2D eigenvalue weighted by molar-refractivity contribution is 0.0914. The molecule has 2 N–H and O–H groups in total.